The number of ether oxygens (including phenoxy) is 3. The van der Waals surface area contributed by atoms with Gasteiger partial charge in [0.1, 0.15) is 5.75 Å². The highest BCUT2D eigenvalue weighted by molar-refractivity contribution is 5.94. The Labute approximate surface area is 190 Å². The van der Waals surface area contributed by atoms with Crippen molar-refractivity contribution >= 4 is 34.1 Å². The molecule has 0 saturated carbocycles. The van der Waals surface area contributed by atoms with E-state index in [2.05, 4.69) is 15.6 Å². The molecule has 33 heavy (non-hydrogen) atoms. The molecule has 0 aliphatic rings. The summed E-state index contributed by atoms with van der Waals surface area (Å²) < 4.78 is 17.2. The van der Waals surface area contributed by atoms with Gasteiger partial charge in [0.25, 0.3) is 5.56 Å². The Morgan fingerprint density at radius 1 is 0.970 bits per heavy atom. The first kappa shape index (κ1) is 23.6. The number of anilines is 2. The summed E-state index contributed by atoms with van der Waals surface area (Å²) in [6, 6.07) is 8.21. The summed E-state index contributed by atoms with van der Waals surface area (Å²) in [5.41, 5.74) is 1.26. The van der Waals surface area contributed by atoms with E-state index in [4.69, 9.17) is 14.2 Å². The maximum atomic E-state index is 12.8. The van der Waals surface area contributed by atoms with Crippen LogP contribution in [0.2, 0.25) is 0 Å². The molecule has 2 amide bonds. The zero-order valence-electron chi connectivity index (χ0n) is 18.9. The molecule has 0 unspecified atom stereocenters. The van der Waals surface area contributed by atoms with E-state index >= 15 is 0 Å². The van der Waals surface area contributed by atoms with Crippen LogP contribution in [0, 0.1) is 0 Å². The Balaban J connectivity index is 1.65. The molecular weight excluding hydrogens is 428 g/mol. The summed E-state index contributed by atoms with van der Waals surface area (Å²) >= 11 is 0. The van der Waals surface area contributed by atoms with Crippen LogP contribution in [0.1, 0.15) is 19.8 Å². The molecule has 1 heterocycles. The third-order valence-corrected chi connectivity index (χ3v) is 4.93. The average molecular weight is 454 g/mol. The minimum Gasteiger partial charge on any atom is -0.495 e. The molecule has 0 spiro atoms. The first-order valence-corrected chi connectivity index (χ1v) is 10.2. The lowest BCUT2D eigenvalue weighted by molar-refractivity contribution is -0.116. The Morgan fingerprint density at radius 2 is 1.67 bits per heavy atom. The van der Waals surface area contributed by atoms with Gasteiger partial charge in [0.05, 0.1) is 44.2 Å². The molecule has 3 aromatic rings. The second-order valence-corrected chi connectivity index (χ2v) is 7.22. The van der Waals surface area contributed by atoms with Crippen molar-refractivity contribution in [1.82, 2.24) is 9.55 Å². The Hall–Kier alpha value is -4.08. The fourth-order valence-electron chi connectivity index (χ4n) is 3.35. The number of fused-ring (bicyclic) bond motifs is 1. The van der Waals surface area contributed by atoms with Crippen molar-refractivity contribution in [2.45, 2.75) is 26.3 Å². The fourth-order valence-corrected chi connectivity index (χ4v) is 3.35. The topological polar surface area (TPSA) is 121 Å². The minimum absolute atomic E-state index is 0.192. The second-order valence-electron chi connectivity index (χ2n) is 7.22. The molecule has 10 nitrogen and oxygen atoms in total. The van der Waals surface area contributed by atoms with Crippen LogP contribution in [0.15, 0.2) is 41.5 Å². The molecule has 0 saturated heterocycles. The normalized spacial score (nSPS) is 10.5. The number of hydrogen-bond donors (Lipinski definition) is 2. The molecule has 10 heteroatoms. The van der Waals surface area contributed by atoms with Gasteiger partial charge in [-0.15, -0.1) is 0 Å². The zero-order valence-corrected chi connectivity index (χ0v) is 18.9. The second kappa shape index (κ2) is 10.5. The van der Waals surface area contributed by atoms with Gasteiger partial charge >= 0.3 is 0 Å². The number of hydrogen-bond acceptors (Lipinski definition) is 7. The van der Waals surface area contributed by atoms with Crippen LogP contribution in [0.3, 0.4) is 0 Å². The zero-order chi connectivity index (χ0) is 24.0. The number of carbonyl (C=O) groups excluding carboxylic acids is 2. The van der Waals surface area contributed by atoms with Gasteiger partial charge in [0.2, 0.25) is 11.8 Å². The molecular formula is C23H26N4O6. The first-order valence-electron chi connectivity index (χ1n) is 10.2. The quantitative estimate of drug-likeness (QED) is 0.510. The lowest BCUT2D eigenvalue weighted by Crippen LogP contribution is -2.22. The van der Waals surface area contributed by atoms with Crippen LogP contribution < -0.4 is 30.4 Å². The highest BCUT2D eigenvalue weighted by atomic mass is 16.5. The number of amides is 2. The molecule has 1 aromatic heterocycles. The van der Waals surface area contributed by atoms with Crippen molar-refractivity contribution in [3.05, 3.63) is 47.0 Å². The molecule has 3 rings (SSSR count). The largest absolute Gasteiger partial charge is 0.495 e. The molecule has 0 aliphatic heterocycles. The van der Waals surface area contributed by atoms with Crippen molar-refractivity contribution in [3.63, 3.8) is 0 Å². The molecule has 2 N–H and O–H groups in total. The Morgan fingerprint density at radius 3 is 2.33 bits per heavy atom. The van der Waals surface area contributed by atoms with Crippen LogP contribution in [0.4, 0.5) is 11.4 Å². The number of nitrogens with one attached hydrogen (secondary N) is 2. The van der Waals surface area contributed by atoms with E-state index in [1.165, 1.54) is 39.1 Å². The van der Waals surface area contributed by atoms with E-state index in [0.717, 1.165) is 0 Å². The predicted octanol–water partition coefficient (Wildman–Crippen LogP) is 2.80. The van der Waals surface area contributed by atoms with Gasteiger partial charge in [0.15, 0.2) is 11.5 Å². The highest BCUT2D eigenvalue weighted by Gasteiger charge is 2.12. The smallest absolute Gasteiger partial charge is 0.261 e. The van der Waals surface area contributed by atoms with Crippen LogP contribution in [-0.4, -0.2) is 42.7 Å². The van der Waals surface area contributed by atoms with E-state index in [9.17, 15) is 14.4 Å². The van der Waals surface area contributed by atoms with E-state index in [1.54, 1.807) is 30.3 Å². The number of aromatic nitrogens is 2. The van der Waals surface area contributed by atoms with E-state index < -0.39 is 0 Å². The van der Waals surface area contributed by atoms with Crippen molar-refractivity contribution in [1.29, 1.82) is 0 Å². The monoisotopic (exact) mass is 454 g/mol. The van der Waals surface area contributed by atoms with Crippen molar-refractivity contribution in [2.75, 3.05) is 32.0 Å². The number of methoxy groups -OCH3 is 3. The summed E-state index contributed by atoms with van der Waals surface area (Å²) in [4.78, 5) is 40.9. The van der Waals surface area contributed by atoms with Gasteiger partial charge in [-0.1, -0.05) is 0 Å². The van der Waals surface area contributed by atoms with E-state index in [-0.39, 0.29) is 23.8 Å². The molecule has 0 radical (unpaired) electrons. The van der Waals surface area contributed by atoms with Gasteiger partial charge in [-0.2, -0.15) is 0 Å². The average Bonchev–Trinajstić information content (AvgIpc) is 2.79. The van der Waals surface area contributed by atoms with Crippen LogP contribution in [0.25, 0.3) is 10.9 Å². The number of nitrogens with zero attached hydrogens (tertiary/aromatic N) is 2. The molecule has 0 atom stereocenters. The van der Waals surface area contributed by atoms with Crippen LogP contribution in [0.5, 0.6) is 17.2 Å². The molecule has 0 aliphatic carbocycles. The van der Waals surface area contributed by atoms with Crippen molar-refractivity contribution in [3.8, 4) is 17.2 Å². The highest BCUT2D eigenvalue weighted by Crippen LogP contribution is 2.30. The molecule has 2 aromatic carbocycles. The number of carbonyl (C=O) groups is 2. The maximum Gasteiger partial charge on any atom is 0.261 e. The Bertz CT molecular complexity index is 1240. The van der Waals surface area contributed by atoms with Gasteiger partial charge in [-0.3, -0.25) is 19.0 Å². The number of rotatable bonds is 9. The molecule has 0 bridgehead atoms. The summed E-state index contributed by atoms with van der Waals surface area (Å²) in [6.45, 7) is 1.71. The van der Waals surface area contributed by atoms with Gasteiger partial charge in [-0.25, -0.2) is 4.98 Å². The van der Waals surface area contributed by atoms with Crippen molar-refractivity contribution < 1.29 is 23.8 Å². The number of aryl methyl sites for hydroxylation is 1. The standard InChI is InChI=1S/C23H26N4O6/c1-14(28)25-18-10-15(7-8-19(18)31-2)26-22(29)6-5-9-27-13-24-17-12-21(33-4)20(32-3)11-16(17)23(27)30/h7-8,10-13H,5-6,9H2,1-4H3,(H,25,28)(H,26,29). The summed E-state index contributed by atoms with van der Waals surface area (Å²) in [5, 5.41) is 5.85. The Kier molecular flexibility index (Phi) is 7.50. The van der Waals surface area contributed by atoms with E-state index in [1.807, 2.05) is 0 Å². The SMILES string of the molecule is COc1ccc(NC(=O)CCCn2cnc3cc(OC)c(OC)cc3c2=O)cc1NC(C)=O. The van der Waals surface area contributed by atoms with Crippen LogP contribution >= 0.6 is 0 Å². The predicted molar refractivity (Wildman–Crippen MR) is 124 cm³/mol. The summed E-state index contributed by atoms with van der Waals surface area (Å²) in [5.74, 6) is 0.954. The van der Waals surface area contributed by atoms with Crippen LogP contribution in [-0.2, 0) is 16.1 Å². The summed E-state index contributed by atoms with van der Waals surface area (Å²) in [7, 11) is 4.51. The van der Waals surface area contributed by atoms with Gasteiger partial charge < -0.3 is 24.8 Å². The maximum absolute atomic E-state index is 12.8. The lowest BCUT2D eigenvalue weighted by atomic mass is 10.2. The minimum atomic E-state index is -0.248. The van der Waals surface area contributed by atoms with Gasteiger partial charge in [0, 0.05) is 31.6 Å². The fraction of sp³-hybridized carbons (Fsp3) is 0.304. The molecule has 0 fully saturated rings. The third kappa shape index (κ3) is 5.59. The number of benzene rings is 2. The molecule has 174 valence electrons. The van der Waals surface area contributed by atoms with Gasteiger partial charge in [-0.05, 0) is 30.7 Å². The third-order valence-electron chi connectivity index (χ3n) is 4.93. The summed E-state index contributed by atoms with van der Waals surface area (Å²) in [6.07, 6.45) is 2.08. The van der Waals surface area contributed by atoms with Crippen molar-refractivity contribution in [2.24, 2.45) is 0 Å². The first-order chi connectivity index (χ1) is 15.9. The van der Waals surface area contributed by atoms with E-state index in [0.29, 0.717) is 52.5 Å². The lowest BCUT2D eigenvalue weighted by Gasteiger charge is -2.12.